The van der Waals surface area contributed by atoms with Gasteiger partial charge in [0.05, 0.1) is 9.40 Å². The van der Waals surface area contributed by atoms with Gasteiger partial charge in [0.15, 0.2) is 0 Å². The molecule has 0 saturated heterocycles. The minimum Gasteiger partial charge on any atom is -0.449 e. The third-order valence-electron chi connectivity index (χ3n) is 2.62. The Kier molecular flexibility index (Phi) is 4.14. The largest absolute Gasteiger partial charge is 0.449 e. The maximum absolute atomic E-state index is 11.0. The lowest BCUT2D eigenvalue weighted by Gasteiger charge is -2.09. The highest BCUT2D eigenvalue weighted by molar-refractivity contribution is 9.10. The van der Waals surface area contributed by atoms with Crippen molar-refractivity contribution >= 4 is 27.9 Å². The third-order valence-corrected chi connectivity index (χ3v) is 3.24. The van der Waals surface area contributed by atoms with Gasteiger partial charge in [-0.2, -0.15) is 0 Å². The molecular formula is C14H10BrNO4. The van der Waals surface area contributed by atoms with E-state index >= 15 is 0 Å². The number of nitro groups is 1. The molecule has 0 N–H and O–H groups in total. The van der Waals surface area contributed by atoms with Gasteiger partial charge in [-0.25, -0.2) is 0 Å². The fraction of sp³-hybridized carbons (Fsp3) is 0.0714. The molecule has 2 rings (SSSR count). The highest BCUT2D eigenvalue weighted by atomic mass is 79.9. The molecule has 0 atom stereocenters. The Morgan fingerprint density at radius 3 is 2.50 bits per heavy atom. The first-order valence-corrected chi connectivity index (χ1v) is 6.48. The summed E-state index contributed by atoms with van der Waals surface area (Å²) in [4.78, 5) is 21.2. The summed E-state index contributed by atoms with van der Waals surface area (Å²) in [6.07, 6.45) is 0.711. The zero-order valence-corrected chi connectivity index (χ0v) is 12.1. The van der Waals surface area contributed by atoms with Crippen molar-refractivity contribution in [2.45, 2.75) is 6.92 Å². The molecule has 6 heteroatoms. The van der Waals surface area contributed by atoms with Crippen molar-refractivity contribution in [1.29, 1.82) is 0 Å². The van der Waals surface area contributed by atoms with Crippen LogP contribution in [0.4, 0.5) is 5.69 Å². The lowest BCUT2D eigenvalue weighted by atomic mass is 10.2. The molecule has 0 bridgehead atoms. The van der Waals surface area contributed by atoms with Crippen molar-refractivity contribution < 1.29 is 14.5 Å². The van der Waals surface area contributed by atoms with Crippen LogP contribution in [0.1, 0.15) is 15.9 Å². The van der Waals surface area contributed by atoms with E-state index in [9.17, 15) is 14.9 Å². The van der Waals surface area contributed by atoms with E-state index in [2.05, 4.69) is 15.9 Å². The zero-order chi connectivity index (χ0) is 14.7. The topological polar surface area (TPSA) is 69.4 Å². The fourth-order valence-corrected chi connectivity index (χ4v) is 2.13. The summed E-state index contributed by atoms with van der Waals surface area (Å²) in [5.41, 5.74) is 1.17. The van der Waals surface area contributed by atoms with Crippen molar-refractivity contribution in [3.8, 4) is 11.5 Å². The van der Waals surface area contributed by atoms with Gasteiger partial charge < -0.3 is 4.74 Å². The summed E-state index contributed by atoms with van der Waals surface area (Å²) in [5, 5.41) is 11.0. The zero-order valence-electron chi connectivity index (χ0n) is 10.5. The van der Waals surface area contributed by atoms with Crippen LogP contribution in [-0.4, -0.2) is 11.2 Å². The second-order valence-electron chi connectivity index (χ2n) is 4.14. The molecule has 0 saturated carbocycles. The Balaban J connectivity index is 2.39. The molecule has 0 heterocycles. The maximum atomic E-state index is 11.0. The Bertz CT molecular complexity index is 685. The molecule has 0 aliphatic carbocycles. The molecule has 0 unspecified atom stereocenters. The number of halogens is 1. The van der Waals surface area contributed by atoms with Gasteiger partial charge in [-0.15, -0.1) is 0 Å². The summed E-state index contributed by atoms with van der Waals surface area (Å²) >= 11 is 3.27. The number of aldehydes is 1. The summed E-state index contributed by atoms with van der Waals surface area (Å²) in [7, 11) is 0. The summed E-state index contributed by atoms with van der Waals surface area (Å²) in [5.74, 6) is 0.558. The number of ether oxygens (including phenoxy) is 1. The standard InChI is InChI=1S/C14H10BrNO4/c1-9-2-4-14(12(6-9)16(18)19)20-13-5-3-10(8-17)7-11(13)15/h2-8H,1H3. The van der Waals surface area contributed by atoms with Gasteiger partial charge in [0.1, 0.15) is 12.0 Å². The van der Waals surface area contributed by atoms with Crippen LogP contribution in [-0.2, 0) is 0 Å². The van der Waals surface area contributed by atoms with E-state index in [0.29, 0.717) is 22.1 Å². The van der Waals surface area contributed by atoms with E-state index in [1.165, 1.54) is 6.07 Å². The Hall–Kier alpha value is -2.21. The van der Waals surface area contributed by atoms with Gasteiger partial charge in [0.2, 0.25) is 5.75 Å². The fourth-order valence-electron chi connectivity index (χ4n) is 1.65. The number of carbonyl (C=O) groups is 1. The second-order valence-corrected chi connectivity index (χ2v) is 4.99. The normalized spacial score (nSPS) is 10.1. The predicted octanol–water partition coefficient (Wildman–Crippen LogP) is 4.27. The summed E-state index contributed by atoms with van der Waals surface area (Å²) in [6.45, 7) is 1.77. The Morgan fingerprint density at radius 2 is 1.90 bits per heavy atom. The monoisotopic (exact) mass is 335 g/mol. The molecule has 0 aliphatic heterocycles. The number of rotatable bonds is 4. The molecule has 0 amide bonds. The molecule has 2 aromatic carbocycles. The smallest absolute Gasteiger partial charge is 0.311 e. The number of carbonyl (C=O) groups excluding carboxylic acids is 1. The van der Waals surface area contributed by atoms with E-state index in [1.54, 1.807) is 37.3 Å². The molecule has 0 spiro atoms. The van der Waals surface area contributed by atoms with Crippen LogP contribution in [0.5, 0.6) is 11.5 Å². The minimum atomic E-state index is -0.490. The van der Waals surface area contributed by atoms with E-state index in [-0.39, 0.29) is 11.4 Å². The lowest BCUT2D eigenvalue weighted by molar-refractivity contribution is -0.385. The highest BCUT2D eigenvalue weighted by Gasteiger charge is 2.16. The first-order valence-electron chi connectivity index (χ1n) is 5.69. The van der Waals surface area contributed by atoms with Gasteiger partial charge in [-0.3, -0.25) is 14.9 Å². The minimum absolute atomic E-state index is 0.101. The van der Waals surface area contributed by atoms with Crippen LogP contribution >= 0.6 is 15.9 Å². The molecule has 102 valence electrons. The van der Waals surface area contributed by atoms with E-state index in [1.807, 2.05) is 0 Å². The summed E-state index contributed by atoms with van der Waals surface area (Å²) in [6, 6.07) is 9.47. The van der Waals surface area contributed by atoms with Gasteiger partial charge in [-0.1, -0.05) is 6.07 Å². The average Bonchev–Trinajstić information content (AvgIpc) is 2.42. The Morgan fingerprint density at radius 1 is 1.20 bits per heavy atom. The Labute approximate surface area is 123 Å². The van der Waals surface area contributed by atoms with E-state index in [0.717, 1.165) is 5.56 Å². The lowest BCUT2D eigenvalue weighted by Crippen LogP contribution is -1.95. The first-order chi connectivity index (χ1) is 9.51. The van der Waals surface area contributed by atoms with Crippen LogP contribution in [0.2, 0.25) is 0 Å². The van der Waals surface area contributed by atoms with Crippen molar-refractivity contribution in [1.82, 2.24) is 0 Å². The van der Waals surface area contributed by atoms with Crippen LogP contribution in [0, 0.1) is 17.0 Å². The van der Waals surface area contributed by atoms with Gasteiger partial charge in [0.25, 0.3) is 0 Å². The number of benzene rings is 2. The predicted molar refractivity (Wildman–Crippen MR) is 77.4 cm³/mol. The van der Waals surface area contributed by atoms with Gasteiger partial charge in [0, 0.05) is 11.6 Å². The molecule has 20 heavy (non-hydrogen) atoms. The van der Waals surface area contributed by atoms with Crippen molar-refractivity contribution in [2.24, 2.45) is 0 Å². The van der Waals surface area contributed by atoms with Crippen LogP contribution < -0.4 is 4.74 Å². The average molecular weight is 336 g/mol. The number of hydrogen-bond acceptors (Lipinski definition) is 4. The molecule has 0 radical (unpaired) electrons. The summed E-state index contributed by atoms with van der Waals surface area (Å²) < 4.78 is 6.10. The molecule has 0 aromatic heterocycles. The SMILES string of the molecule is Cc1ccc(Oc2ccc(C=O)cc2Br)c([N+](=O)[O-])c1. The van der Waals surface area contributed by atoms with Crippen LogP contribution in [0.25, 0.3) is 0 Å². The van der Waals surface area contributed by atoms with Crippen molar-refractivity contribution in [3.63, 3.8) is 0 Å². The van der Waals surface area contributed by atoms with Crippen LogP contribution in [0.3, 0.4) is 0 Å². The van der Waals surface area contributed by atoms with Gasteiger partial charge in [-0.05, 0) is 52.7 Å². The highest BCUT2D eigenvalue weighted by Crippen LogP contribution is 2.35. The number of hydrogen-bond donors (Lipinski definition) is 0. The molecule has 0 fully saturated rings. The number of aryl methyl sites for hydroxylation is 1. The van der Waals surface area contributed by atoms with Gasteiger partial charge >= 0.3 is 5.69 Å². The molecule has 2 aromatic rings. The second kappa shape index (κ2) is 5.83. The number of nitro benzene ring substituents is 1. The quantitative estimate of drug-likeness (QED) is 0.475. The van der Waals surface area contributed by atoms with E-state index in [4.69, 9.17) is 4.74 Å². The van der Waals surface area contributed by atoms with E-state index < -0.39 is 4.92 Å². The van der Waals surface area contributed by atoms with Crippen molar-refractivity contribution in [3.05, 3.63) is 62.1 Å². The maximum Gasteiger partial charge on any atom is 0.311 e. The molecule has 0 aliphatic rings. The van der Waals surface area contributed by atoms with Crippen molar-refractivity contribution in [2.75, 3.05) is 0 Å². The molecular weight excluding hydrogens is 326 g/mol. The van der Waals surface area contributed by atoms with Crippen LogP contribution in [0.15, 0.2) is 40.9 Å². The first kappa shape index (κ1) is 14.2. The number of nitrogens with zero attached hydrogens (tertiary/aromatic N) is 1. The third kappa shape index (κ3) is 3.03. The molecule has 5 nitrogen and oxygen atoms in total.